The molecule has 1 N–H and O–H groups in total. The molecule has 5 heteroatoms. The van der Waals surface area contributed by atoms with E-state index in [1.165, 1.54) is 0 Å². The normalized spacial score (nSPS) is 11.4. The first kappa shape index (κ1) is 13.5. The molecule has 0 aliphatic heterocycles. The highest BCUT2D eigenvalue weighted by Crippen LogP contribution is 2.20. The maximum atomic E-state index is 11.3. The van der Waals surface area contributed by atoms with Crippen molar-refractivity contribution in [2.24, 2.45) is 0 Å². The maximum Gasteiger partial charge on any atom is 0.337 e. The van der Waals surface area contributed by atoms with Crippen molar-refractivity contribution in [3.8, 4) is 0 Å². The van der Waals surface area contributed by atoms with E-state index < -0.39 is 5.97 Å². The molecule has 0 saturated carbocycles. The number of fused-ring (bicyclic) bond motifs is 1. The van der Waals surface area contributed by atoms with Crippen molar-refractivity contribution in [2.75, 3.05) is 6.61 Å². The topological polar surface area (TPSA) is 64.3 Å². The molecule has 0 aliphatic rings. The van der Waals surface area contributed by atoms with Gasteiger partial charge in [0.15, 0.2) is 0 Å². The third-order valence-corrected chi connectivity index (χ3v) is 2.95. The van der Waals surface area contributed by atoms with Crippen molar-refractivity contribution in [3.63, 3.8) is 0 Å². The zero-order chi connectivity index (χ0) is 14.0. The Bertz CT molecular complexity index is 602. The van der Waals surface area contributed by atoms with Gasteiger partial charge in [0, 0.05) is 6.54 Å². The lowest BCUT2D eigenvalue weighted by Crippen LogP contribution is -2.12. The molecule has 19 heavy (non-hydrogen) atoms. The lowest BCUT2D eigenvalue weighted by atomic mass is 10.2. The summed E-state index contributed by atoms with van der Waals surface area (Å²) in [5.41, 5.74) is 1.66. The van der Waals surface area contributed by atoms with Gasteiger partial charge in [0.05, 0.1) is 29.3 Å². The van der Waals surface area contributed by atoms with Crippen molar-refractivity contribution in [3.05, 3.63) is 29.6 Å². The van der Waals surface area contributed by atoms with Gasteiger partial charge in [-0.2, -0.15) is 0 Å². The summed E-state index contributed by atoms with van der Waals surface area (Å²) in [5.74, 6) is -0.132. The molecule has 0 spiro atoms. The number of hydrogen-bond donors (Lipinski definition) is 1. The fourth-order valence-corrected chi connectivity index (χ4v) is 2.13. The number of para-hydroxylation sites is 1. The van der Waals surface area contributed by atoms with Gasteiger partial charge in [-0.25, -0.2) is 9.78 Å². The van der Waals surface area contributed by atoms with E-state index in [0.717, 1.165) is 5.82 Å². The van der Waals surface area contributed by atoms with Gasteiger partial charge in [-0.05, 0) is 32.9 Å². The van der Waals surface area contributed by atoms with Crippen LogP contribution in [0.4, 0.5) is 0 Å². The highest BCUT2D eigenvalue weighted by Gasteiger charge is 2.15. The zero-order valence-electron chi connectivity index (χ0n) is 11.4. The second-order valence-electron chi connectivity index (χ2n) is 4.71. The van der Waals surface area contributed by atoms with E-state index >= 15 is 0 Å². The van der Waals surface area contributed by atoms with Crippen molar-refractivity contribution >= 4 is 17.0 Å². The number of ether oxygens (including phenoxy) is 1. The minimum absolute atomic E-state index is 0.161. The van der Waals surface area contributed by atoms with Gasteiger partial charge in [-0.1, -0.05) is 6.07 Å². The summed E-state index contributed by atoms with van der Waals surface area (Å²) in [6.07, 6.45) is 0.161. The summed E-state index contributed by atoms with van der Waals surface area (Å²) in [5, 5.41) is 9.26. The lowest BCUT2D eigenvalue weighted by molar-refractivity contribution is 0.0691. The number of carboxylic acids is 1. The quantitative estimate of drug-likeness (QED) is 0.899. The van der Waals surface area contributed by atoms with E-state index in [9.17, 15) is 9.90 Å². The number of aromatic nitrogens is 2. The third kappa shape index (κ3) is 2.76. The molecule has 0 atom stereocenters. The number of benzene rings is 1. The molecule has 5 nitrogen and oxygen atoms in total. The molecular formula is C14H18N2O3. The molecule has 0 fully saturated rings. The Labute approximate surface area is 111 Å². The fraction of sp³-hybridized carbons (Fsp3) is 0.429. The maximum absolute atomic E-state index is 11.3. The second kappa shape index (κ2) is 5.40. The average molecular weight is 262 g/mol. The molecule has 0 bridgehead atoms. The van der Waals surface area contributed by atoms with Crippen molar-refractivity contribution in [1.82, 2.24) is 9.55 Å². The lowest BCUT2D eigenvalue weighted by Gasteiger charge is -2.11. The summed E-state index contributed by atoms with van der Waals surface area (Å²) in [7, 11) is 0. The van der Waals surface area contributed by atoms with Gasteiger partial charge < -0.3 is 14.4 Å². The molecule has 102 valence electrons. The number of rotatable bonds is 5. The van der Waals surface area contributed by atoms with Gasteiger partial charge in [0.25, 0.3) is 0 Å². The van der Waals surface area contributed by atoms with Crippen LogP contribution in [0, 0.1) is 6.92 Å². The standard InChI is InChI=1S/C14H18N2O3/c1-9(2)19-8-7-16-10(3)15-12-6-4-5-11(13(12)16)14(17)18/h4-6,9H,7-8H2,1-3H3,(H,17,18). The van der Waals surface area contributed by atoms with E-state index in [1.54, 1.807) is 12.1 Å². The van der Waals surface area contributed by atoms with Gasteiger partial charge in [-0.15, -0.1) is 0 Å². The SMILES string of the molecule is Cc1nc2cccc(C(=O)O)c2n1CCOC(C)C. The van der Waals surface area contributed by atoms with Crippen molar-refractivity contribution in [1.29, 1.82) is 0 Å². The van der Waals surface area contributed by atoms with Crippen LogP contribution in [0.1, 0.15) is 30.0 Å². The van der Waals surface area contributed by atoms with Crippen LogP contribution in [-0.2, 0) is 11.3 Å². The van der Waals surface area contributed by atoms with Crippen molar-refractivity contribution < 1.29 is 14.6 Å². The monoisotopic (exact) mass is 262 g/mol. The van der Waals surface area contributed by atoms with Gasteiger partial charge >= 0.3 is 5.97 Å². The summed E-state index contributed by atoms with van der Waals surface area (Å²) in [6, 6.07) is 5.15. The predicted octanol–water partition coefficient (Wildman–Crippen LogP) is 2.47. The van der Waals surface area contributed by atoms with E-state index in [4.69, 9.17) is 4.74 Å². The van der Waals surface area contributed by atoms with Gasteiger partial charge in [-0.3, -0.25) is 0 Å². The highest BCUT2D eigenvalue weighted by molar-refractivity contribution is 6.01. The van der Waals surface area contributed by atoms with Crippen LogP contribution in [-0.4, -0.2) is 33.3 Å². The zero-order valence-corrected chi connectivity index (χ0v) is 11.4. The van der Waals surface area contributed by atoms with Crippen LogP contribution in [0.25, 0.3) is 11.0 Å². The summed E-state index contributed by atoms with van der Waals surface area (Å²) in [4.78, 5) is 15.7. The number of aryl methyl sites for hydroxylation is 1. The Morgan fingerprint density at radius 1 is 1.47 bits per heavy atom. The van der Waals surface area contributed by atoms with Gasteiger partial charge in [0.2, 0.25) is 0 Å². The molecular weight excluding hydrogens is 244 g/mol. The van der Waals surface area contributed by atoms with Crippen molar-refractivity contribution in [2.45, 2.75) is 33.4 Å². The van der Waals surface area contributed by atoms with E-state index in [-0.39, 0.29) is 11.7 Å². The minimum Gasteiger partial charge on any atom is -0.478 e. The Kier molecular flexibility index (Phi) is 3.85. The minimum atomic E-state index is -0.934. The molecule has 1 aromatic heterocycles. The Morgan fingerprint density at radius 3 is 2.84 bits per heavy atom. The molecule has 0 unspecified atom stereocenters. The summed E-state index contributed by atoms with van der Waals surface area (Å²) < 4.78 is 7.43. The summed E-state index contributed by atoms with van der Waals surface area (Å²) >= 11 is 0. The molecule has 2 rings (SSSR count). The molecule has 0 amide bonds. The Hall–Kier alpha value is -1.88. The highest BCUT2D eigenvalue weighted by atomic mass is 16.5. The smallest absolute Gasteiger partial charge is 0.337 e. The molecule has 0 saturated heterocycles. The van der Waals surface area contributed by atoms with Crippen LogP contribution >= 0.6 is 0 Å². The molecule has 0 aliphatic carbocycles. The first-order valence-corrected chi connectivity index (χ1v) is 6.31. The average Bonchev–Trinajstić information content (AvgIpc) is 2.65. The predicted molar refractivity (Wildman–Crippen MR) is 72.5 cm³/mol. The number of carboxylic acid groups (broad SMARTS) is 1. The van der Waals surface area contributed by atoms with Crippen LogP contribution in [0.5, 0.6) is 0 Å². The number of carbonyl (C=O) groups is 1. The number of hydrogen-bond acceptors (Lipinski definition) is 3. The number of imidazole rings is 1. The summed E-state index contributed by atoms with van der Waals surface area (Å²) in [6.45, 7) is 6.97. The number of nitrogens with zero attached hydrogens (tertiary/aromatic N) is 2. The van der Waals surface area contributed by atoms with Crippen LogP contribution in [0.2, 0.25) is 0 Å². The van der Waals surface area contributed by atoms with Crippen LogP contribution in [0.3, 0.4) is 0 Å². The van der Waals surface area contributed by atoms with Crippen LogP contribution < -0.4 is 0 Å². The fourth-order valence-electron chi connectivity index (χ4n) is 2.13. The molecule has 2 aromatic rings. The largest absolute Gasteiger partial charge is 0.478 e. The molecule has 0 radical (unpaired) electrons. The first-order chi connectivity index (χ1) is 9.00. The van der Waals surface area contributed by atoms with E-state index in [0.29, 0.717) is 24.2 Å². The molecule has 1 aromatic carbocycles. The van der Waals surface area contributed by atoms with Gasteiger partial charge in [0.1, 0.15) is 5.82 Å². The third-order valence-electron chi connectivity index (χ3n) is 2.95. The van der Waals surface area contributed by atoms with Crippen LogP contribution in [0.15, 0.2) is 18.2 Å². The Balaban J connectivity index is 2.41. The molecule has 1 heterocycles. The first-order valence-electron chi connectivity index (χ1n) is 6.31. The van der Waals surface area contributed by atoms with E-state index in [2.05, 4.69) is 4.98 Å². The Morgan fingerprint density at radius 2 is 2.21 bits per heavy atom. The van der Waals surface area contributed by atoms with E-state index in [1.807, 2.05) is 31.4 Å². The number of aromatic carboxylic acids is 1. The second-order valence-corrected chi connectivity index (χ2v) is 4.71.